The Bertz CT molecular complexity index is 787. The minimum absolute atomic E-state index is 0.285. The molecule has 0 bridgehead atoms. The molecule has 6 nitrogen and oxygen atoms in total. The second-order valence-electron chi connectivity index (χ2n) is 4.32. The van der Waals surface area contributed by atoms with E-state index in [2.05, 4.69) is 20.3 Å². The van der Waals surface area contributed by atoms with Crippen LogP contribution < -0.4 is 0 Å². The molecule has 0 radical (unpaired) electrons. The van der Waals surface area contributed by atoms with Crippen molar-refractivity contribution in [3.8, 4) is 22.9 Å². The molecule has 0 N–H and O–H groups in total. The van der Waals surface area contributed by atoms with Crippen molar-refractivity contribution in [2.75, 3.05) is 0 Å². The van der Waals surface area contributed by atoms with Crippen LogP contribution in [-0.2, 0) is 11.8 Å². The van der Waals surface area contributed by atoms with Gasteiger partial charge in [-0.1, -0.05) is 10.3 Å². The van der Waals surface area contributed by atoms with Gasteiger partial charge < -0.3 is 9.05 Å². The number of hydrogen-bond donors (Lipinski definition) is 0. The van der Waals surface area contributed by atoms with Gasteiger partial charge in [-0.05, 0) is 22.9 Å². The van der Waals surface area contributed by atoms with Crippen molar-refractivity contribution >= 4 is 45.9 Å². The molecule has 0 fully saturated rings. The summed E-state index contributed by atoms with van der Waals surface area (Å²) in [5.41, 5.74) is 1.90. The molecule has 0 amide bonds. The second kappa shape index (κ2) is 8.39. The number of hydrogen-bond acceptors (Lipinski definition) is 8. The van der Waals surface area contributed by atoms with Crippen molar-refractivity contribution in [3.63, 3.8) is 0 Å². The molecule has 0 spiro atoms. The summed E-state index contributed by atoms with van der Waals surface area (Å²) in [6.45, 7) is 0. The molecule has 0 aliphatic heterocycles. The van der Waals surface area contributed by atoms with E-state index in [1.54, 1.807) is 22.7 Å². The van der Waals surface area contributed by atoms with Crippen LogP contribution in [0.4, 0.5) is 0 Å². The lowest BCUT2D eigenvalue weighted by molar-refractivity contribution is 0.425. The molecule has 4 aromatic rings. The number of alkyl halides is 2. The van der Waals surface area contributed by atoms with Crippen LogP contribution in [-0.4, -0.2) is 20.3 Å². The topological polar surface area (TPSA) is 77.8 Å². The van der Waals surface area contributed by atoms with Gasteiger partial charge >= 0.3 is 0 Å². The molecule has 4 rings (SSSR count). The minimum atomic E-state index is 0.285. The Morgan fingerprint density at radius 3 is 1.54 bits per heavy atom. The van der Waals surface area contributed by atoms with Gasteiger partial charge in [0.15, 0.2) is 11.6 Å². The van der Waals surface area contributed by atoms with Gasteiger partial charge in [0.1, 0.15) is 0 Å². The van der Waals surface area contributed by atoms with Gasteiger partial charge in [-0.2, -0.15) is 32.6 Å². The maximum atomic E-state index is 5.52. The van der Waals surface area contributed by atoms with Crippen molar-refractivity contribution in [2.45, 2.75) is 11.8 Å². The first-order valence-corrected chi connectivity index (χ1v) is 9.58. The van der Waals surface area contributed by atoms with Gasteiger partial charge in [-0.3, -0.25) is 0 Å². The standard InChI is InChI=1S/2C7H5ClN2OS/c2*8-3-6-9-7(11-10-6)5-1-2-12-4-5/h2*1-2,4H,3H2. The average Bonchev–Trinajstić information content (AvgIpc) is 3.43. The average molecular weight is 401 g/mol. The van der Waals surface area contributed by atoms with Crippen LogP contribution in [0.2, 0.25) is 0 Å². The maximum absolute atomic E-state index is 5.52. The van der Waals surface area contributed by atoms with Crippen molar-refractivity contribution < 1.29 is 9.05 Å². The third-order valence-corrected chi connectivity index (χ3v) is 4.56. The lowest BCUT2D eigenvalue weighted by Crippen LogP contribution is -1.78. The normalized spacial score (nSPS) is 10.4. The highest BCUT2D eigenvalue weighted by atomic mass is 35.5. The zero-order valence-corrected chi connectivity index (χ0v) is 15.2. The quantitative estimate of drug-likeness (QED) is 0.444. The van der Waals surface area contributed by atoms with E-state index in [1.807, 2.05) is 33.7 Å². The molecule has 10 heteroatoms. The Kier molecular flexibility index (Phi) is 5.97. The summed E-state index contributed by atoms with van der Waals surface area (Å²) in [5.74, 6) is 2.69. The van der Waals surface area contributed by atoms with Crippen LogP contribution in [0.5, 0.6) is 0 Å². The molecular weight excluding hydrogens is 391 g/mol. The molecule has 124 valence electrons. The fourth-order valence-corrected chi connectivity index (χ4v) is 3.10. The first kappa shape index (κ1) is 17.1. The zero-order chi connectivity index (χ0) is 16.8. The molecule has 0 saturated heterocycles. The predicted octanol–water partition coefficient (Wildman–Crippen LogP) is 5.07. The third-order valence-electron chi connectivity index (χ3n) is 2.71. The van der Waals surface area contributed by atoms with E-state index in [4.69, 9.17) is 32.2 Å². The van der Waals surface area contributed by atoms with E-state index in [0.717, 1.165) is 11.1 Å². The van der Waals surface area contributed by atoms with Crippen LogP contribution in [0, 0.1) is 0 Å². The lowest BCUT2D eigenvalue weighted by Gasteiger charge is -1.81. The van der Waals surface area contributed by atoms with Crippen LogP contribution in [0.15, 0.2) is 42.7 Å². The largest absolute Gasteiger partial charge is 0.334 e. The second-order valence-corrected chi connectivity index (χ2v) is 6.42. The van der Waals surface area contributed by atoms with Crippen LogP contribution in [0.25, 0.3) is 22.9 Å². The molecule has 4 aromatic heterocycles. The lowest BCUT2D eigenvalue weighted by atomic mass is 10.3. The number of aromatic nitrogens is 4. The predicted molar refractivity (Wildman–Crippen MR) is 94.3 cm³/mol. The molecule has 0 saturated carbocycles. The van der Waals surface area contributed by atoms with Gasteiger partial charge in [0, 0.05) is 10.8 Å². The summed E-state index contributed by atoms with van der Waals surface area (Å²) in [6.07, 6.45) is 0. The number of thiophene rings is 2. The smallest absolute Gasteiger partial charge is 0.258 e. The van der Waals surface area contributed by atoms with E-state index in [0.29, 0.717) is 23.4 Å². The Balaban J connectivity index is 0.000000141. The molecular formula is C14H10Cl2N4O2S2. The molecule has 0 aromatic carbocycles. The van der Waals surface area contributed by atoms with E-state index in [-0.39, 0.29) is 11.8 Å². The molecule has 0 aliphatic carbocycles. The van der Waals surface area contributed by atoms with Gasteiger partial charge in [-0.15, -0.1) is 23.2 Å². The maximum Gasteiger partial charge on any atom is 0.258 e. The number of nitrogens with zero attached hydrogens (tertiary/aromatic N) is 4. The van der Waals surface area contributed by atoms with Crippen molar-refractivity contribution in [1.82, 2.24) is 20.3 Å². The summed E-state index contributed by atoms with van der Waals surface area (Å²) in [6, 6.07) is 3.85. The highest BCUT2D eigenvalue weighted by Crippen LogP contribution is 2.20. The van der Waals surface area contributed by atoms with Gasteiger partial charge in [0.25, 0.3) is 11.8 Å². The van der Waals surface area contributed by atoms with E-state index < -0.39 is 0 Å². The van der Waals surface area contributed by atoms with Crippen molar-refractivity contribution in [3.05, 3.63) is 45.3 Å². The Labute approximate surface area is 155 Å². The number of rotatable bonds is 4. The van der Waals surface area contributed by atoms with Crippen LogP contribution >= 0.6 is 45.9 Å². The fraction of sp³-hybridized carbons (Fsp3) is 0.143. The molecule has 24 heavy (non-hydrogen) atoms. The summed E-state index contributed by atoms with van der Waals surface area (Å²) < 4.78 is 9.92. The molecule has 0 atom stereocenters. The van der Waals surface area contributed by atoms with E-state index in [9.17, 15) is 0 Å². The highest BCUT2D eigenvalue weighted by molar-refractivity contribution is 7.08. The first-order valence-electron chi connectivity index (χ1n) is 6.62. The highest BCUT2D eigenvalue weighted by Gasteiger charge is 2.08. The molecule has 4 heterocycles. The SMILES string of the molecule is ClCc1noc(-c2ccsc2)n1.ClCc1noc(-c2ccsc2)n1. The number of halogens is 2. The van der Waals surface area contributed by atoms with E-state index in [1.165, 1.54) is 0 Å². The van der Waals surface area contributed by atoms with Gasteiger partial charge in [-0.25, -0.2) is 0 Å². The zero-order valence-electron chi connectivity index (χ0n) is 12.1. The monoisotopic (exact) mass is 400 g/mol. The molecule has 0 aliphatic rings. The minimum Gasteiger partial charge on any atom is -0.334 e. The van der Waals surface area contributed by atoms with Gasteiger partial charge in [0.2, 0.25) is 0 Å². The van der Waals surface area contributed by atoms with Crippen molar-refractivity contribution in [1.29, 1.82) is 0 Å². The first-order chi connectivity index (χ1) is 11.8. The van der Waals surface area contributed by atoms with Crippen LogP contribution in [0.1, 0.15) is 11.6 Å². The van der Waals surface area contributed by atoms with Crippen LogP contribution in [0.3, 0.4) is 0 Å². The Hall–Kier alpha value is -1.74. The van der Waals surface area contributed by atoms with E-state index >= 15 is 0 Å². The van der Waals surface area contributed by atoms with Crippen molar-refractivity contribution in [2.24, 2.45) is 0 Å². The fourth-order valence-electron chi connectivity index (χ4n) is 1.62. The summed E-state index contributed by atoms with van der Waals surface area (Å²) >= 11 is 14.2. The van der Waals surface area contributed by atoms with Gasteiger partial charge in [0.05, 0.1) is 22.9 Å². The summed E-state index contributed by atoms with van der Waals surface area (Å²) in [5, 5.41) is 15.2. The third kappa shape index (κ3) is 4.21. The Morgan fingerprint density at radius 2 is 1.25 bits per heavy atom. The summed E-state index contributed by atoms with van der Waals surface area (Å²) in [4.78, 5) is 8.14. The molecule has 0 unspecified atom stereocenters. The Morgan fingerprint density at radius 1 is 0.792 bits per heavy atom. The summed E-state index contributed by atoms with van der Waals surface area (Å²) in [7, 11) is 0.